The lowest BCUT2D eigenvalue weighted by atomic mass is 9.96. The second-order valence-corrected chi connectivity index (χ2v) is 5.36. The van der Waals surface area contributed by atoms with Crippen LogP contribution in [0.4, 0.5) is 6.01 Å². The molecule has 1 aromatic carbocycles. The number of nitrogens with two attached hydrogens (primary N) is 1. The van der Waals surface area contributed by atoms with E-state index in [0.717, 1.165) is 38.2 Å². The van der Waals surface area contributed by atoms with Crippen LogP contribution in [-0.2, 0) is 0 Å². The first-order chi connectivity index (χ1) is 8.88. The van der Waals surface area contributed by atoms with E-state index in [2.05, 4.69) is 27.8 Å². The number of halogens is 1. The third kappa shape index (κ3) is 2.12. The summed E-state index contributed by atoms with van der Waals surface area (Å²) in [6, 6.07) is 0.170. The van der Waals surface area contributed by atoms with Gasteiger partial charge in [0.15, 0.2) is 5.76 Å². The van der Waals surface area contributed by atoms with Gasteiger partial charge in [-0.15, -0.1) is 0 Å². The molecule has 0 aliphatic rings. The lowest BCUT2D eigenvalue weighted by molar-refractivity contribution is 0.411. The summed E-state index contributed by atoms with van der Waals surface area (Å²) in [7, 11) is 1.66. The minimum absolute atomic E-state index is 0.170. The standard InChI is InChI=1S/C14H17BrN2O2/c1-6-7(2)12(18-5)10(8(3)11(6)15)13-9(4)17-14(16)19-13/h1-5H3,(H2,16,17). The Morgan fingerprint density at radius 2 is 1.74 bits per heavy atom. The van der Waals surface area contributed by atoms with Crippen LogP contribution in [0.1, 0.15) is 22.4 Å². The highest BCUT2D eigenvalue weighted by molar-refractivity contribution is 9.10. The van der Waals surface area contributed by atoms with Crippen LogP contribution >= 0.6 is 15.9 Å². The number of anilines is 1. The number of rotatable bonds is 2. The average molecular weight is 325 g/mol. The fraction of sp³-hybridized carbons (Fsp3) is 0.357. The zero-order chi connectivity index (χ0) is 14.3. The lowest BCUT2D eigenvalue weighted by Crippen LogP contribution is -1.99. The summed E-state index contributed by atoms with van der Waals surface area (Å²) >= 11 is 3.62. The molecule has 0 amide bonds. The van der Waals surface area contributed by atoms with Gasteiger partial charge < -0.3 is 14.9 Å². The first-order valence-corrected chi connectivity index (χ1v) is 6.74. The highest BCUT2D eigenvalue weighted by Gasteiger charge is 2.22. The van der Waals surface area contributed by atoms with Gasteiger partial charge in [0.2, 0.25) is 0 Å². The van der Waals surface area contributed by atoms with Gasteiger partial charge in [0.25, 0.3) is 6.01 Å². The summed E-state index contributed by atoms with van der Waals surface area (Å²) in [6.45, 7) is 7.97. The Morgan fingerprint density at radius 1 is 1.11 bits per heavy atom. The van der Waals surface area contributed by atoms with Crippen LogP contribution < -0.4 is 10.5 Å². The normalized spacial score (nSPS) is 10.8. The monoisotopic (exact) mass is 324 g/mol. The van der Waals surface area contributed by atoms with E-state index in [0.29, 0.717) is 5.76 Å². The molecule has 5 heteroatoms. The molecule has 0 fully saturated rings. The number of oxazole rings is 1. The minimum atomic E-state index is 0.170. The Bertz CT molecular complexity index is 648. The third-order valence-corrected chi connectivity index (χ3v) is 4.60. The first kappa shape index (κ1) is 13.9. The quantitative estimate of drug-likeness (QED) is 0.909. The van der Waals surface area contributed by atoms with Crippen LogP contribution in [0.2, 0.25) is 0 Å². The topological polar surface area (TPSA) is 61.3 Å². The van der Waals surface area contributed by atoms with Gasteiger partial charge >= 0.3 is 0 Å². The molecular formula is C14H17BrN2O2. The summed E-state index contributed by atoms with van der Waals surface area (Å²) in [5, 5.41) is 0. The maximum Gasteiger partial charge on any atom is 0.292 e. The van der Waals surface area contributed by atoms with E-state index in [9.17, 15) is 0 Å². The summed E-state index contributed by atoms with van der Waals surface area (Å²) in [5.41, 5.74) is 10.6. The zero-order valence-electron chi connectivity index (χ0n) is 11.7. The molecule has 0 atom stereocenters. The van der Waals surface area contributed by atoms with Gasteiger partial charge in [-0.1, -0.05) is 15.9 Å². The van der Waals surface area contributed by atoms with Crippen molar-refractivity contribution in [2.75, 3.05) is 12.8 Å². The number of hydrogen-bond donors (Lipinski definition) is 1. The smallest absolute Gasteiger partial charge is 0.292 e. The van der Waals surface area contributed by atoms with Crippen molar-refractivity contribution in [2.45, 2.75) is 27.7 Å². The van der Waals surface area contributed by atoms with Crippen molar-refractivity contribution < 1.29 is 9.15 Å². The van der Waals surface area contributed by atoms with E-state index in [1.165, 1.54) is 0 Å². The van der Waals surface area contributed by atoms with Crippen molar-refractivity contribution in [1.82, 2.24) is 4.98 Å². The van der Waals surface area contributed by atoms with Crippen LogP contribution in [0, 0.1) is 27.7 Å². The van der Waals surface area contributed by atoms with E-state index in [1.807, 2.05) is 20.8 Å². The van der Waals surface area contributed by atoms with E-state index < -0.39 is 0 Å². The van der Waals surface area contributed by atoms with E-state index in [4.69, 9.17) is 14.9 Å². The van der Waals surface area contributed by atoms with Gasteiger partial charge in [-0.05, 0) is 44.4 Å². The molecule has 0 bridgehead atoms. The Labute approximate surface area is 121 Å². The molecular weight excluding hydrogens is 308 g/mol. The van der Waals surface area contributed by atoms with Crippen molar-refractivity contribution in [3.8, 4) is 17.1 Å². The Kier molecular flexibility index (Phi) is 3.58. The van der Waals surface area contributed by atoms with E-state index in [-0.39, 0.29) is 6.01 Å². The van der Waals surface area contributed by atoms with E-state index in [1.54, 1.807) is 7.11 Å². The van der Waals surface area contributed by atoms with Gasteiger partial charge in [0.1, 0.15) is 5.75 Å². The van der Waals surface area contributed by atoms with Gasteiger partial charge in [-0.25, -0.2) is 0 Å². The lowest BCUT2D eigenvalue weighted by Gasteiger charge is -2.17. The molecule has 102 valence electrons. The zero-order valence-corrected chi connectivity index (χ0v) is 13.3. The van der Waals surface area contributed by atoms with Crippen LogP contribution in [0.15, 0.2) is 8.89 Å². The molecule has 2 rings (SSSR count). The number of nitrogen functional groups attached to an aromatic ring is 1. The average Bonchev–Trinajstić information content (AvgIpc) is 2.69. The SMILES string of the molecule is COc1c(C)c(C)c(Br)c(C)c1-c1oc(N)nc1C. The number of methoxy groups -OCH3 is 1. The molecule has 2 aromatic rings. The molecule has 0 spiro atoms. The Morgan fingerprint density at radius 3 is 2.21 bits per heavy atom. The maximum atomic E-state index is 5.63. The van der Waals surface area contributed by atoms with Crippen molar-refractivity contribution in [3.63, 3.8) is 0 Å². The summed E-state index contributed by atoms with van der Waals surface area (Å²) in [6.07, 6.45) is 0. The Balaban J connectivity index is 2.86. The minimum Gasteiger partial charge on any atom is -0.496 e. The number of aryl methyl sites for hydroxylation is 1. The van der Waals surface area contributed by atoms with Crippen LogP contribution in [0.3, 0.4) is 0 Å². The molecule has 2 N–H and O–H groups in total. The molecule has 19 heavy (non-hydrogen) atoms. The fourth-order valence-corrected chi connectivity index (χ4v) is 2.76. The second kappa shape index (κ2) is 4.89. The van der Waals surface area contributed by atoms with Crippen molar-refractivity contribution in [2.24, 2.45) is 0 Å². The molecule has 0 radical (unpaired) electrons. The molecule has 0 unspecified atom stereocenters. The number of aromatic nitrogens is 1. The van der Waals surface area contributed by atoms with Crippen molar-refractivity contribution in [1.29, 1.82) is 0 Å². The van der Waals surface area contributed by atoms with Crippen molar-refractivity contribution in [3.05, 3.63) is 26.9 Å². The van der Waals surface area contributed by atoms with Crippen LogP contribution in [0.25, 0.3) is 11.3 Å². The molecule has 0 aliphatic heterocycles. The second-order valence-electron chi connectivity index (χ2n) is 4.56. The Hall–Kier alpha value is -1.49. The predicted octanol–water partition coefficient (Wildman–Crippen LogP) is 3.93. The molecule has 0 aliphatic carbocycles. The number of benzene rings is 1. The number of hydrogen-bond acceptors (Lipinski definition) is 4. The van der Waals surface area contributed by atoms with Crippen LogP contribution in [0.5, 0.6) is 5.75 Å². The van der Waals surface area contributed by atoms with Crippen LogP contribution in [-0.4, -0.2) is 12.1 Å². The van der Waals surface area contributed by atoms with Gasteiger partial charge in [-0.3, -0.25) is 0 Å². The molecule has 0 saturated carbocycles. The largest absolute Gasteiger partial charge is 0.496 e. The van der Waals surface area contributed by atoms with Gasteiger partial charge in [-0.2, -0.15) is 4.98 Å². The maximum absolute atomic E-state index is 5.63. The highest BCUT2D eigenvalue weighted by Crippen LogP contribution is 2.43. The first-order valence-electron chi connectivity index (χ1n) is 5.95. The number of ether oxygens (including phenoxy) is 1. The van der Waals surface area contributed by atoms with E-state index >= 15 is 0 Å². The summed E-state index contributed by atoms with van der Waals surface area (Å²) in [5.74, 6) is 1.47. The highest BCUT2D eigenvalue weighted by atomic mass is 79.9. The molecule has 1 aromatic heterocycles. The molecule has 0 saturated heterocycles. The summed E-state index contributed by atoms with van der Waals surface area (Å²) in [4.78, 5) is 4.13. The van der Waals surface area contributed by atoms with Gasteiger partial charge in [0.05, 0.1) is 18.4 Å². The third-order valence-electron chi connectivity index (χ3n) is 3.41. The molecule has 1 heterocycles. The predicted molar refractivity (Wildman–Crippen MR) is 79.6 cm³/mol. The summed E-state index contributed by atoms with van der Waals surface area (Å²) < 4.78 is 12.2. The van der Waals surface area contributed by atoms with Crippen molar-refractivity contribution >= 4 is 21.9 Å². The number of nitrogens with zero attached hydrogens (tertiary/aromatic N) is 1. The fourth-order valence-electron chi connectivity index (χ4n) is 2.26. The molecule has 4 nitrogen and oxygen atoms in total. The van der Waals surface area contributed by atoms with Gasteiger partial charge in [0, 0.05) is 4.47 Å².